The predicted octanol–water partition coefficient (Wildman–Crippen LogP) is 3.21. The summed E-state index contributed by atoms with van der Waals surface area (Å²) in [7, 11) is 0. The van der Waals surface area contributed by atoms with Crippen molar-refractivity contribution in [1.29, 1.82) is 0 Å². The van der Waals surface area contributed by atoms with Crippen molar-refractivity contribution in [3.05, 3.63) is 35.7 Å². The lowest BCUT2D eigenvalue weighted by Crippen LogP contribution is -2.02. The van der Waals surface area contributed by atoms with Crippen molar-refractivity contribution in [1.82, 2.24) is 14.8 Å². The zero-order valence-corrected chi connectivity index (χ0v) is 12.4. The molecule has 0 saturated heterocycles. The predicted molar refractivity (Wildman–Crippen MR) is 78.8 cm³/mol. The van der Waals surface area contributed by atoms with Crippen LogP contribution in [0.1, 0.15) is 43.7 Å². The molecule has 106 valence electrons. The molecule has 3 rings (SSSR count). The highest BCUT2D eigenvalue weighted by Gasteiger charge is 2.17. The number of fused-ring (bicyclic) bond motifs is 1. The first-order valence-electron chi connectivity index (χ1n) is 7.12. The fraction of sp³-hybridized carbons (Fsp3) is 0.467. The zero-order chi connectivity index (χ0) is 13.9. The molecule has 0 bridgehead atoms. The van der Waals surface area contributed by atoms with E-state index in [1.807, 2.05) is 24.3 Å². The maximum Gasteiger partial charge on any atom is 0.196 e. The number of aromatic nitrogens is 3. The lowest BCUT2D eigenvalue weighted by Gasteiger charge is -2.11. The van der Waals surface area contributed by atoms with Crippen molar-refractivity contribution in [2.24, 2.45) is 0 Å². The first-order chi connectivity index (χ1) is 9.75. The van der Waals surface area contributed by atoms with E-state index in [9.17, 15) is 5.11 Å². The first-order valence-corrected chi connectivity index (χ1v) is 7.94. The minimum absolute atomic E-state index is 0.467. The van der Waals surface area contributed by atoms with Crippen LogP contribution >= 0.6 is 11.8 Å². The highest BCUT2D eigenvalue weighted by atomic mass is 32.2. The van der Waals surface area contributed by atoms with Gasteiger partial charge in [0, 0.05) is 17.9 Å². The Hall–Kier alpha value is -1.33. The molecule has 1 aromatic heterocycles. The summed E-state index contributed by atoms with van der Waals surface area (Å²) in [5.41, 5.74) is 0.948. The van der Waals surface area contributed by atoms with Gasteiger partial charge in [-0.15, -0.1) is 10.2 Å². The second kappa shape index (κ2) is 5.97. The molecule has 1 aliphatic rings. The molecule has 1 N–H and O–H groups in total. The van der Waals surface area contributed by atoms with Gasteiger partial charge in [0.2, 0.25) is 0 Å². The third-order valence-corrected chi connectivity index (χ3v) is 4.72. The molecule has 1 unspecified atom stereocenters. The van der Waals surface area contributed by atoms with E-state index < -0.39 is 6.10 Å². The lowest BCUT2D eigenvalue weighted by molar-refractivity contribution is 0.196. The first kappa shape index (κ1) is 13.6. The van der Waals surface area contributed by atoms with Gasteiger partial charge in [0.1, 0.15) is 5.82 Å². The van der Waals surface area contributed by atoms with Crippen LogP contribution in [0.15, 0.2) is 34.3 Å². The average Bonchev–Trinajstić information content (AvgIpc) is 2.68. The Morgan fingerprint density at radius 3 is 2.90 bits per heavy atom. The van der Waals surface area contributed by atoms with Gasteiger partial charge in [-0.3, -0.25) is 0 Å². The smallest absolute Gasteiger partial charge is 0.196 e. The van der Waals surface area contributed by atoms with Crippen molar-refractivity contribution in [2.75, 3.05) is 0 Å². The minimum atomic E-state index is -0.467. The number of aliphatic hydroxyl groups excluding tert-OH is 1. The molecule has 0 spiro atoms. The van der Waals surface area contributed by atoms with Crippen LogP contribution in [0.5, 0.6) is 0 Å². The number of aliphatic hydroxyl groups is 1. The summed E-state index contributed by atoms with van der Waals surface area (Å²) in [6.45, 7) is 2.80. The standard InChI is InChI=1S/C15H19N3OS/c1-11(19)12-7-4-5-8-13(12)20-15-17-16-14-9-3-2-6-10-18(14)15/h4-5,7-8,11,19H,2-3,6,9-10H2,1H3. The summed E-state index contributed by atoms with van der Waals surface area (Å²) < 4.78 is 2.23. The molecule has 5 heteroatoms. The normalized spacial score (nSPS) is 16.5. The van der Waals surface area contributed by atoms with Gasteiger partial charge in [0.25, 0.3) is 0 Å². The number of benzene rings is 1. The lowest BCUT2D eigenvalue weighted by atomic mass is 10.1. The highest BCUT2D eigenvalue weighted by Crippen LogP contribution is 2.33. The van der Waals surface area contributed by atoms with Crippen LogP contribution < -0.4 is 0 Å². The van der Waals surface area contributed by atoms with Gasteiger partial charge in [-0.05, 0) is 43.2 Å². The molecule has 1 aromatic carbocycles. The van der Waals surface area contributed by atoms with Gasteiger partial charge in [0.15, 0.2) is 5.16 Å². The van der Waals surface area contributed by atoms with Gasteiger partial charge in [0.05, 0.1) is 6.10 Å². The van der Waals surface area contributed by atoms with Crippen LogP contribution in [0, 0.1) is 0 Å². The largest absolute Gasteiger partial charge is 0.389 e. The maximum absolute atomic E-state index is 9.86. The minimum Gasteiger partial charge on any atom is -0.389 e. The quantitative estimate of drug-likeness (QED) is 0.942. The Bertz CT molecular complexity index is 595. The maximum atomic E-state index is 9.86. The molecule has 2 heterocycles. The van der Waals surface area contributed by atoms with Crippen molar-refractivity contribution in [3.8, 4) is 0 Å². The molecule has 0 radical (unpaired) electrons. The fourth-order valence-corrected chi connectivity index (χ4v) is 3.64. The number of hydrogen-bond acceptors (Lipinski definition) is 4. The number of nitrogens with zero attached hydrogens (tertiary/aromatic N) is 3. The Labute approximate surface area is 123 Å². The molecule has 0 aliphatic carbocycles. The molecular weight excluding hydrogens is 270 g/mol. The van der Waals surface area contributed by atoms with E-state index in [2.05, 4.69) is 14.8 Å². The molecule has 0 fully saturated rings. The number of rotatable bonds is 3. The Morgan fingerprint density at radius 2 is 2.05 bits per heavy atom. The summed E-state index contributed by atoms with van der Waals surface area (Å²) >= 11 is 1.60. The fourth-order valence-electron chi connectivity index (χ4n) is 2.55. The molecule has 0 saturated carbocycles. The van der Waals surface area contributed by atoms with Gasteiger partial charge in [-0.25, -0.2) is 0 Å². The highest BCUT2D eigenvalue weighted by molar-refractivity contribution is 7.99. The molecular formula is C15H19N3OS. The Morgan fingerprint density at radius 1 is 1.20 bits per heavy atom. The van der Waals surface area contributed by atoms with Crippen LogP contribution in [0.3, 0.4) is 0 Å². The van der Waals surface area contributed by atoms with Gasteiger partial charge in [-0.1, -0.05) is 24.6 Å². The van der Waals surface area contributed by atoms with Crippen molar-refractivity contribution in [2.45, 2.75) is 55.3 Å². The third kappa shape index (κ3) is 2.74. The van der Waals surface area contributed by atoms with Crippen LogP contribution in [0.4, 0.5) is 0 Å². The Kier molecular flexibility index (Phi) is 4.08. The average molecular weight is 289 g/mol. The summed E-state index contributed by atoms with van der Waals surface area (Å²) in [5.74, 6) is 1.10. The molecule has 0 amide bonds. The van der Waals surface area contributed by atoms with E-state index in [4.69, 9.17) is 0 Å². The second-order valence-electron chi connectivity index (χ2n) is 5.18. The summed E-state index contributed by atoms with van der Waals surface area (Å²) in [5, 5.41) is 19.4. The van der Waals surface area contributed by atoms with Crippen molar-refractivity contribution >= 4 is 11.8 Å². The summed E-state index contributed by atoms with van der Waals surface area (Å²) in [4.78, 5) is 1.06. The van der Waals surface area contributed by atoms with Gasteiger partial charge in [-0.2, -0.15) is 0 Å². The summed E-state index contributed by atoms with van der Waals surface area (Å²) in [6, 6.07) is 7.95. The van der Waals surface area contributed by atoms with E-state index in [0.717, 1.165) is 34.4 Å². The summed E-state index contributed by atoms with van der Waals surface area (Å²) in [6.07, 6.45) is 4.21. The van der Waals surface area contributed by atoms with Gasteiger partial charge < -0.3 is 9.67 Å². The molecule has 1 aliphatic heterocycles. The van der Waals surface area contributed by atoms with E-state index in [1.54, 1.807) is 18.7 Å². The third-order valence-electron chi connectivity index (χ3n) is 3.65. The molecule has 2 aromatic rings. The molecule has 1 atom stereocenters. The van der Waals surface area contributed by atoms with E-state index in [-0.39, 0.29) is 0 Å². The van der Waals surface area contributed by atoms with Crippen LogP contribution in [-0.2, 0) is 13.0 Å². The SMILES string of the molecule is CC(O)c1ccccc1Sc1nnc2n1CCCCC2. The van der Waals surface area contributed by atoms with Crippen LogP contribution in [-0.4, -0.2) is 19.9 Å². The van der Waals surface area contributed by atoms with Crippen molar-refractivity contribution < 1.29 is 5.11 Å². The van der Waals surface area contributed by atoms with E-state index in [0.29, 0.717) is 0 Å². The van der Waals surface area contributed by atoms with Crippen LogP contribution in [0.2, 0.25) is 0 Å². The second-order valence-corrected chi connectivity index (χ2v) is 6.19. The molecule has 4 nitrogen and oxygen atoms in total. The van der Waals surface area contributed by atoms with Crippen molar-refractivity contribution in [3.63, 3.8) is 0 Å². The van der Waals surface area contributed by atoms with Crippen LogP contribution in [0.25, 0.3) is 0 Å². The van der Waals surface area contributed by atoms with E-state index in [1.165, 1.54) is 19.3 Å². The van der Waals surface area contributed by atoms with Gasteiger partial charge >= 0.3 is 0 Å². The topological polar surface area (TPSA) is 50.9 Å². The monoisotopic (exact) mass is 289 g/mol. The molecule has 20 heavy (non-hydrogen) atoms. The number of hydrogen-bond donors (Lipinski definition) is 1. The zero-order valence-electron chi connectivity index (χ0n) is 11.6. The number of aryl methyl sites for hydroxylation is 1. The van der Waals surface area contributed by atoms with E-state index >= 15 is 0 Å². The Balaban J connectivity index is 1.90.